The molecule has 1 heterocycles. The van der Waals surface area contributed by atoms with E-state index in [9.17, 15) is 4.79 Å². The molecule has 3 heteroatoms. The molecule has 0 unspecified atom stereocenters. The van der Waals surface area contributed by atoms with E-state index in [-0.39, 0.29) is 5.91 Å². The number of hydrogen-bond acceptors (Lipinski definition) is 1. The van der Waals surface area contributed by atoms with Gasteiger partial charge in [0, 0.05) is 18.1 Å². The van der Waals surface area contributed by atoms with Crippen molar-refractivity contribution in [3.8, 4) is 0 Å². The predicted molar refractivity (Wildman–Crippen MR) is 79.5 cm³/mol. The maximum Gasteiger partial charge on any atom is 0.232 e. The highest BCUT2D eigenvalue weighted by Crippen LogP contribution is 2.28. The van der Waals surface area contributed by atoms with E-state index in [2.05, 4.69) is 0 Å². The summed E-state index contributed by atoms with van der Waals surface area (Å²) in [6.45, 7) is 5.77. The van der Waals surface area contributed by atoms with Crippen LogP contribution in [0.1, 0.15) is 45.1 Å². The van der Waals surface area contributed by atoms with Crippen LogP contribution in [0.25, 0.3) is 0 Å². The minimum absolute atomic E-state index is 0.219. The number of amides is 1. The zero-order valence-electron chi connectivity index (χ0n) is 11.8. The quantitative estimate of drug-likeness (QED) is 0.801. The van der Waals surface area contributed by atoms with E-state index in [0.717, 1.165) is 31.5 Å². The average molecular weight is 280 g/mol. The highest BCUT2D eigenvalue weighted by molar-refractivity contribution is 6.30. The number of carbonyl (C=O) groups is 1. The smallest absolute Gasteiger partial charge is 0.232 e. The van der Waals surface area contributed by atoms with Gasteiger partial charge in [0.25, 0.3) is 0 Å². The molecular formula is C16H22ClNO. The lowest BCUT2D eigenvalue weighted by atomic mass is 9.83. The number of likely N-dealkylation sites (tertiary alicyclic amines) is 1. The van der Waals surface area contributed by atoms with Crippen LogP contribution in [-0.2, 0) is 10.2 Å². The van der Waals surface area contributed by atoms with Gasteiger partial charge in [-0.15, -0.1) is 0 Å². The Kier molecular flexibility index (Phi) is 4.51. The Labute approximate surface area is 120 Å². The number of hydrogen-bond donors (Lipinski definition) is 0. The van der Waals surface area contributed by atoms with Crippen LogP contribution in [-0.4, -0.2) is 23.9 Å². The Morgan fingerprint density at radius 2 is 1.79 bits per heavy atom. The van der Waals surface area contributed by atoms with Crippen LogP contribution in [0.2, 0.25) is 5.02 Å². The highest BCUT2D eigenvalue weighted by atomic mass is 35.5. The summed E-state index contributed by atoms with van der Waals surface area (Å²) in [5, 5.41) is 0.689. The van der Waals surface area contributed by atoms with Gasteiger partial charge >= 0.3 is 0 Å². The lowest BCUT2D eigenvalue weighted by Crippen LogP contribution is -2.43. The molecule has 0 saturated carbocycles. The van der Waals surface area contributed by atoms with E-state index in [0.29, 0.717) is 5.02 Å². The molecule has 0 N–H and O–H groups in total. The summed E-state index contributed by atoms with van der Waals surface area (Å²) in [5.41, 5.74) is 0.490. The molecule has 0 radical (unpaired) electrons. The van der Waals surface area contributed by atoms with Crippen molar-refractivity contribution in [3.05, 3.63) is 34.9 Å². The van der Waals surface area contributed by atoms with E-state index >= 15 is 0 Å². The number of halogens is 1. The molecule has 1 aromatic rings. The Hall–Kier alpha value is -1.02. The lowest BCUT2D eigenvalue weighted by Gasteiger charge is -2.31. The molecule has 0 spiro atoms. The van der Waals surface area contributed by atoms with Gasteiger partial charge in [-0.2, -0.15) is 0 Å². The van der Waals surface area contributed by atoms with Gasteiger partial charge in [-0.25, -0.2) is 0 Å². The monoisotopic (exact) mass is 279 g/mol. The standard InChI is InChI=1S/C16H22ClNO/c1-16(2,13-8-7-9-14(17)12-13)15(19)18-10-5-3-4-6-11-18/h7-9,12H,3-6,10-11H2,1-2H3. The molecule has 104 valence electrons. The Bertz CT molecular complexity index is 448. The van der Waals surface area contributed by atoms with E-state index in [1.54, 1.807) is 0 Å². The summed E-state index contributed by atoms with van der Waals surface area (Å²) in [5.74, 6) is 0.219. The van der Waals surface area contributed by atoms with Gasteiger partial charge in [0.1, 0.15) is 0 Å². The summed E-state index contributed by atoms with van der Waals surface area (Å²) in [4.78, 5) is 14.8. The fourth-order valence-corrected chi connectivity index (χ4v) is 2.86. The Balaban J connectivity index is 2.20. The van der Waals surface area contributed by atoms with Crippen LogP contribution in [0.3, 0.4) is 0 Å². The largest absolute Gasteiger partial charge is 0.342 e. The predicted octanol–water partition coefficient (Wildman–Crippen LogP) is 4.02. The van der Waals surface area contributed by atoms with Crippen molar-refractivity contribution in [2.24, 2.45) is 0 Å². The first kappa shape index (κ1) is 14.4. The van der Waals surface area contributed by atoms with Crippen molar-refractivity contribution < 1.29 is 4.79 Å². The molecule has 1 aromatic carbocycles. The van der Waals surface area contributed by atoms with Crippen LogP contribution in [0.5, 0.6) is 0 Å². The number of rotatable bonds is 2. The van der Waals surface area contributed by atoms with Gasteiger partial charge in [0.05, 0.1) is 5.41 Å². The molecular weight excluding hydrogens is 258 g/mol. The zero-order valence-corrected chi connectivity index (χ0v) is 12.5. The minimum atomic E-state index is -0.505. The molecule has 0 atom stereocenters. The van der Waals surface area contributed by atoms with Gasteiger partial charge in [-0.1, -0.05) is 36.6 Å². The Morgan fingerprint density at radius 3 is 2.37 bits per heavy atom. The molecule has 19 heavy (non-hydrogen) atoms. The van der Waals surface area contributed by atoms with Crippen molar-refractivity contribution in [2.45, 2.75) is 44.9 Å². The molecule has 0 aliphatic carbocycles. The number of carbonyl (C=O) groups excluding carboxylic acids is 1. The molecule has 0 aromatic heterocycles. The minimum Gasteiger partial charge on any atom is -0.342 e. The van der Waals surface area contributed by atoms with Gasteiger partial charge in [0.2, 0.25) is 5.91 Å². The average Bonchev–Trinajstić information content (AvgIpc) is 2.66. The number of nitrogens with zero attached hydrogens (tertiary/aromatic N) is 1. The van der Waals surface area contributed by atoms with Gasteiger partial charge in [0.15, 0.2) is 0 Å². The van der Waals surface area contributed by atoms with Gasteiger partial charge in [-0.3, -0.25) is 4.79 Å². The Morgan fingerprint density at radius 1 is 1.16 bits per heavy atom. The van der Waals surface area contributed by atoms with Crippen LogP contribution in [0.4, 0.5) is 0 Å². The topological polar surface area (TPSA) is 20.3 Å². The maximum atomic E-state index is 12.8. The van der Waals surface area contributed by atoms with Crippen molar-refractivity contribution in [1.82, 2.24) is 4.90 Å². The second-order valence-corrected chi connectivity index (χ2v) is 6.28. The molecule has 1 aliphatic rings. The normalized spacial score (nSPS) is 17.1. The van der Waals surface area contributed by atoms with Crippen LogP contribution in [0, 0.1) is 0 Å². The van der Waals surface area contributed by atoms with Crippen LogP contribution in [0.15, 0.2) is 24.3 Å². The molecule has 1 saturated heterocycles. The third kappa shape index (κ3) is 3.30. The van der Waals surface area contributed by atoms with E-state index in [4.69, 9.17) is 11.6 Å². The van der Waals surface area contributed by atoms with E-state index in [1.165, 1.54) is 12.8 Å². The summed E-state index contributed by atoms with van der Waals surface area (Å²) >= 11 is 6.04. The molecule has 2 rings (SSSR count). The molecule has 2 nitrogen and oxygen atoms in total. The molecule has 1 fully saturated rings. The summed E-state index contributed by atoms with van der Waals surface area (Å²) < 4.78 is 0. The fraction of sp³-hybridized carbons (Fsp3) is 0.562. The number of benzene rings is 1. The second kappa shape index (κ2) is 5.96. The first-order chi connectivity index (χ1) is 9.01. The summed E-state index contributed by atoms with van der Waals surface area (Å²) in [7, 11) is 0. The molecule has 1 aliphatic heterocycles. The zero-order chi connectivity index (χ0) is 13.9. The second-order valence-electron chi connectivity index (χ2n) is 5.84. The summed E-state index contributed by atoms with van der Waals surface area (Å²) in [6, 6.07) is 7.64. The van der Waals surface area contributed by atoms with Gasteiger partial charge in [-0.05, 0) is 44.4 Å². The lowest BCUT2D eigenvalue weighted by molar-refractivity contribution is -0.136. The van der Waals surface area contributed by atoms with Crippen molar-refractivity contribution in [2.75, 3.05) is 13.1 Å². The van der Waals surface area contributed by atoms with Crippen LogP contribution >= 0.6 is 11.6 Å². The maximum absolute atomic E-state index is 12.8. The third-order valence-corrected chi connectivity index (χ3v) is 4.21. The van der Waals surface area contributed by atoms with Crippen LogP contribution < -0.4 is 0 Å². The highest BCUT2D eigenvalue weighted by Gasteiger charge is 2.33. The van der Waals surface area contributed by atoms with Crippen molar-refractivity contribution in [1.29, 1.82) is 0 Å². The third-order valence-electron chi connectivity index (χ3n) is 3.97. The summed E-state index contributed by atoms with van der Waals surface area (Å²) in [6.07, 6.45) is 4.72. The molecule has 1 amide bonds. The SMILES string of the molecule is CC(C)(C(=O)N1CCCCCC1)c1cccc(Cl)c1. The first-order valence-electron chi connectivity index (χ1n) is 7.07. The van der Waals surface area contributed by atoms with Crippen molar-refractivity contribution in [3.63, 3.8) is 0 Å². The first-order valence-corrected chi connectivity index (χ1v) is 7.45. The van der Waals surface area contributed by atoms with E-state index in [1.807, 2.05) is 43.0 Å². The van der Waals surface area contributed by atoms with Crippen molar-refractivity contribution >= 4 is 17.5 Å². The van der Waals surface area contributed by atoms with Gasteiger partial charge < -0.3 is 4.90 Å². The fourth-order valence-electron chi connectivity index (χ4n) is 2.67. The van der Waals surface area contributed by atoms with E-state index < -0.39 is 5.41 Å². The molecule has 0 bridgehead atoms.